The van der Waals surface area contributed by atoms with Crippen LogP contribution in [0.4, 0.5) is 4.39 Å². The van der Waals surface area contributed by atoms with Gasteiger partial charge in [0, 0.05) is 12.7 Å². The van der Waals surface area contributed by atoms with Crippen molar-refractivity contribution in [3.05, 3.63) is 46.2 Å². The van der Waals surface area contributed by atoms with Crippen molar-refractivity contribution >= 4 is 23.2 Å². The van der Waals surface area contributed by atoms with Crippen LogP contribution >= 0.6 is 23.2 Å². The molecule has 0 saturated heterocycles. The molecular formula is C13H11Cl2FN2O. The van der Waals surface area contributed by atoms with Crippen LogP contribution in [0.3, 0.4) is 0 Å². The molecule has 1 aromatic heterocycles. The van der Waals surface area contributed by atoms with E-state index in [1.165, 1.54) is 13.2 Å². The molecule has 0 amide bonds. The highest BCUT2D eigenvalue weighted by atomic mass is 35.5. The number of benzene rings is 1. The molecule has 3 nitrogen and oxygen atoms in total. The van der Waals surface area contributed by atoms with Crippen LogP contribution in [0.2, 0.25) is 10.3 Å². The van der Waals surface area contributed by atoms with Crippen molar-refractivity contribution in [1.29, 1.82) is 0 Å². The molecule has 0 radical (unpaired) electrons. The van der Waals surface area contributed by atoms with E-state index in [-0.39, 0.29) is 27.5 Å². The van der Waals surface area contributed by atoms with E-state index < -0.39 is 5.82 Å². The minimum atomic E-state index is -0.428. The van der Waals surface area contributed by atoms with Crippen molar-refractivity contribution in [3.63, 3.8) is 0 Å². The van der Waals surface area contributed by atoms with Crippen LogP contribution < -0.4 is 0 Å². The molecule has 19 heavy (non-hydrogen) atoms. The molecule has 1 unspecified atom stereocenters. The van der Waals surface area contributed by atoms with Gasteiger partial charge in [-0.2, -0.15) is 0 Å². The summed E-state index contributed by atoms with van der Waals surface area (Å²) in [7, 11) is 1.53. The van der Waals surface area contributed by atoms with Gasteiger partial charge in [-0.25, -0.2) is 14.4 Å². The van der Waals surface area contributed by atoms with Gasteiger partial charge in [-0.3, -0.25) is 0 Å². The molecule has 2 rings (SSSR count). The lowest BCUT2D eigenvalue weighted by molar-refractivity contribution is 0.112. The summed E-state index contributed by atoms with van der Waals surface area (Å²) in [5.74, 6) is -0.0694. The number of methoxy groups -OCH3 is 1. The average Bonchev–Trinajstić information content (AvgIpc) is 2.39. The normalized spacial score (nSPS) is 12.5. The predicted molar refractivity (Wildman–Crippen MR) is 72.9 cm³/mol. The summed E-state index contributed by atoms with van der Waals surface area (Å²) in [5, 5.41) is 0.202. The highest BCUT2D eigenvalue weighted by Crippen LogP contribution is 2.34. The van der Waals surface area contributed by atoms with Crippen molar-refractivity contribution in [3.8, 4) is 11.1 Å². The van der Waals surface area contributed by atoms with Crippen LogP contribution in [-0.2, 0) is 4.74 Å². The topological polar surface area (TPSA) is 35.0 Å². The summed E-state index contributed by atoms with van der Waals surface area (Å²) in [5.41, 5.74) is 0.558. The van der Waals surface area contributed by atoms with Gasteiger partial charge in [0.25, 0.3) is 0 Å². The zero-order chi connectivity index (χ0) is 14.0. The maximum Gasteiger partial charge on any atom is 0.160 e. The first kappa shape index (κ1) is 14.2. The van der Waals surface area contributed by atoms with Crippen molar-refractivity contribution in [1.82, 2.24) is 9.97 Å². The van der Waals surface area contributed by atoms with E-state index in [4.69, 9.17) is 27.9 Å². The SMILES string of the molecule is COC(C)c1nc(Cl)c(-c2ccccc2F)c(Cl)n1. The number of ether oxygens (including phenoxy) is 1. The van der Waals surface area contributed by atoms with E-state index in [1.807, 2.05) is 0 Å². The van der Waals surface area contributed by atoms with Gasteiger partial charge in [-0.15, -0.1) is 0 Å². The quantitative estimate of drug-likeness (QED) is 0.793. The Hall–Kier alpha value is -1.23. The molecule has 1 aromatic carbocycles. The van der Waals surface area contributed by atoms with E-state index in [2.05, 4.69) is 9.97 Å². The zero-order valence-corrected chi connectivity index (χ0v) is 11.8. The second-order valence-electron chi connectivity index (χ2n) is 3.90. The molecule has 0 aliphatic carbocycles. The Kier molecular flexibility index (Phi) is 4.34. The number of hydrogen-bond donors (Lipinski definition) is 0. The van der Waals surface area contributed by atoms with Gasteiger partial charge in [0.05, 0.1) is 5.56 Å². The van der Waals surface area contributed by atoms with Gasteiger partial charge >= 0.3 is 0 Å². The number of hydrogen-bond acceptors (Lipinski definition) is 3. The molecule has 2 aromatic rings. The second-order valence-corrected chi connectivity index (χ2v) is 4.61. The molecule has 0 aliphatic heterocycles. The first-order valence-corrected chi connectivity index (χ1v) is 6.30. The first-order valence-electron chi connectivity index (χ1n) is 5.55. The molecule has 0 spiro atoms. The predicted octanol–water partition coefficient (Wildman–Crippen LogP) is 4.30. The van der Waals surface area contributed by atoms with Gasteiger partial charge in [0.2, 0.25) is 0 Å². The molecule has 0 saturated carbocycles. The summed E-state index contributed by atoms with van der Waals surface area (Å²) >= 11 is 12.2. The molecule has 100 valence electrons. The van der Waals surface area contributed by atoms with Gasteiger partial charge in [-0.1, -0.05) is 41.4 Å². The fourth-order valence-corrected chi connectivity index (χ4v) is 2.20. The Balaban J connectivity index is 2.58. The second kappa shape index (κ2) is 5.82. The van der Waals surface area contributed by atoms with Crippen LogP contribution in [0.25, 0.3) is 11.1 Å². The minimum absolute atomic E-state index is 0.101. The zero-order valence-electron chi connectivity index (χ0n) is 10.3. The molecule has 0 fully saturated rings. The van der Waals surface area contributed by atoms with Gasteiger partial charge in [0.15, 0.2) is 5.82 Å². The summed E-state index contributed by atoms with van der Waals surface area (Å²) in [6, 6.07) is 6.18. The van der Waals surface area contributed by atoms with Crippen LogP contribution in [0, 0.1) is 5.82 Å². The standard InChI is InChI=1S/C13H11Cl2FN2O/c1-7(19-2)13-17-11(14)10(12(15)18-13)8-5-3-4-6-9(8)16/h3-7H,1-2H3. The van der Waals surface area contributed by atoms with Gasteiger partial charge < -0.3 is 4.74 Å². The van der Waals surface area contributed by atoms with Crippen molar-refractivity contribution in [2.24, 2.45) is 0 Å². The van der Waals surface area contributed by atoms with Crippen LogP contribution in [0.5, 0.6) is 0 Å². The fourth-order valence-electron chi connectivity index (χ4n) is 1.60. The fraction of sp³-hybridized carbons (Fsp3) is 0.231. The molecule has 1 atom stereocenters. The number of aromatic nitrogens is 2. The number of halogens is 3. The summed E-state index contributed by atoms with van der Waals surface area (Å²) in [6.07, 6.45) is -0.343. The van der Waals surface area contributed by atoms with E-state index >= 15 is 0 Å². The van der Waals surface area contributed by atoms with E-state index in [1.54, 1.807) is 25.1 Å². The molecule has 0 bridgehead atoms. The Morgan fingerprint density at radius 1 is 1.16 bits per heavy atom. The summed E-state index contributed by atoms with van der Waals surface area (Å²) in [6.45, 7) is 1.77. The number of nitrogens with zero attached hydrogens (tertiary/aromatic N) is 2. The average molecular weight is 301 g/mol. The Morgan fingerprint density at radius 2 is 1.74 bits per heavy atom. The van der Waals surface area contributed by atoms with E-state index in [0.29, 0.717) is 5.82 Å². The van der Waals surface area contributed by atoms with Crippen LogP contribution in [-0.4, -0.2) is 17.1 Å². The van der Waals surface area contributed by atoms with Gasteiger partial charge in [-0.05, 0) is 13.0 Å². The van der Waals surface area contributed by atoms with E-state index in [9.17, 15) is 4.39 Å². The minimum Gasteiger partial charge on any atom is -0.374 e. The highest BCUT2D eigenvalue weighted by Gasteiger charge is 2.18. The molecule has 6 heteroatoms. The maximum absolute atomic E-state index is 13.8. The molecule has 0 N–H and O–H groups in total. The maximum atomic E-state index is 13.8. The number of rotatable bonds is 3. The molecule has 1 heterocycles. The lowest BCUT2D eigenvalue weighted by atomic mass is 10.1. The first-order chi connectivity index (χ1) is 9.04. The highest BCUT2D eigenvalue weighted by molar-refractivity contribution is 6.37. The van der Waals surface area contributed by atoms with Crippen LogP contribution in [0.1, 0.15) is 18.9 Å². The Bertz CT molecular complexity index is 584. The molecule has 0 aliphatic rings. The van der Waals surface area contributed by atoms with Crippen molar-refractivity contribution in [2.75, 3.05) is 7.11 Å². The van der Waals surface area contributed by atoms with Crippen LogP contribution in [0.15, 0.2) is 24.3 Å². The smallest absolute Gasteiger partial charge is 0.160 e. The summed E-state index contributed by atoms with van der Waals surface area (Å²) < 4.78 is 18.9. The third-order valence-electron chi connectivity index (χ3n) is 2.70. The lowest BCUT2D eigenvalue weighted by Crippen LogP contribution is -2.05. The largest absolute Gasteiger partial charge is 0.374 e. The Labute approximate surface area is 120 Å². The lowest BCUT2D eigenvalue weighted by Gasteiger charge is -2.12. The monoisotopic (exact) mass is 300 g/mol. The van der Waals surface area contributed by atoms with E-state index in [0.717, 1.165) is 0 Å². The summed E-state index contributed by atoms with van der Waals surface area (Å²) in [4.78, 5) is 8.20. The third-order valence-corrected chi connectivity index (χ3v) is 3.25. The molecular weight excluding hydrogens is 290 g/mol. The van der Waals surface area contributed by atoms with Gasteiger partial charge in [0.1, 0.15) is 22.2 Å². The Morgan fingerprint density at radius 3 is 2.26 bits per heavy atom. The van der Waals surface area contributed by atoms with Crippen molar-refractivity contribution < 1.29 is 9.13 Å². The van der Waals surface area contributed by atoms with Crippen molar-refractivity contribution in [2.45, 2.75) is 13.0 Å². The third kappa shape index (κ3) is 2.86.